The Hall–Kier alpha value is -0.430. The summed E-state index contributed by atoms with van der Waals surface area (Å²) in [5.74, 6) is -0.236. The molecule has 0 radical (unpaired) electrons. The molecule has 0 aliphatic heterocycles. The van der Waals surface area contributed by atoms with Crippen LogP contribution < -0.4 is 5.32 Å². The minimum absolute atomic E-state index is 0.236. The molecule has 0 saturated carbocycles. The molecule has 0 aliphatic carbocycles. The first-order valence-corrected chi connectivity index (χ1v) is 6.16. The monoisotopic (exact) mass is 324 g/mol. The highest BCUT2D eigenvalue weighted by Crippen LogP contribution is 2.11. The van der Waals surface area contributed by atoms with Gasteiger partial charge < -0.3 is 5.32 Å². The van der Waals surface area contributed by atoms with E-state index in [1.807, 2.05) is 6.92 Å². The summed E-state index contributed by atoms with van der Waals surface area (Å²) in [6.07, 6.45) is 1.39. The molecule has 0 aromatic carbocycles. The summed E-state index contributed by atoms with van der Waals surface area (Å²) in [4.78, 5) is 11.6. The van der Waals surface area contributed by atoms with Crippen molar-refractivity contribution in [3.63, 3.8) is 0 Å². The molecule has 1 amide bonds. The van der Waals surface area contributed by atoms with Crippen molar-refractivity contribution in [3.8, 4) is 0 Å². The molecule has 0 spiro atoms. The van der Waals surface area contributed by atoms with Gasteiger partial charge in [-0.25, -0.2) is 0 Å². The second kappa shape index (κ2) is 4.88. The van der Waals surface area contributed by atoms with E-state index in [0.29, 0.717) is 10.7 Å². The summed E-state index contributed by atoms with van der Waals surface area (Å²) in [5, 5.41) is 13.8. The number of rotatable bonds is 4. The first kappa shape index (κ1) is 11.6. The lowest BCUT2D eigenvalue weighted by molar-refractivity contribution is 0.0918. The van der Waals surface area contributed by atoms with Crippen LogP contribution in [0.25, 0.3) is 0 Å². The summed E-state index contributed by atoms with van der Waals surface area (Å²) in [5.41, 5.74) is -0.0334. The van der Waals surface area contributed by atoms with Crippen molar-refractivity contribution < 1.29 is 4.79 Å². The van der Waals surface area contributed by atoms with E-state index in [1.54, 1.807) is 0 Å². The van der Waals surface area contributed by atoms with E-state index in [-0.39, 0.29) is 17.1 Å². The number of halogens is 2. The van der Waals surface area contributed by atoms with E-state index in [0.717, 1.165) is 0 Å². The van der Waals surface area contributed by atoms with Gasteiger partial charge in [-0.2, -0.15) is 15.4 Å². The van der Waals surface area contributed by atoms with Crippen LogP contribution in [0, 0.1) is 0 Å². The third-order valence-corrected chi connectivity index (χ3v) is 4.13. The Kier molecular flexibility index (Phi) is 4.06. The molecule has 14 heavy (non-hydrogen) atoms. The quantitative estimate of drug-likeness (QED) is 0.814. The van der Waals surface area contributed by atoms with Crippen LogP contribution in [-0.2, 0) is 0 Å². The molecule has 5 nitrogen and oxygen atoms in total. The number of aromatic nitrogens is 3. The summed E-state index contributed by atoms with van der Waals surface area (Å²) in [6, 6.07) is 0. The number of carbonyl (C=O) groups excluding carboxylic acids is 1. The van der Waals surface area contributed by atoms with Gasteiger partial charge in [0.1, 0.15) is 0 Å². The van der Waals surface area contributed by atoms with Gasteiger partial charge in [0.2, 0.25) is 0 Å². The molecule has 2 N–H and O–H groups in total. The number of carbonyl (C=O) groups is 1. The molecule has 7 heteroatoms. The third kappa shape index (κ3) is 2.78. The number of hydrogen-bond donors (Lipinski definition) is 2. The van der Waals surface area contributed by atoms with Gasteiger partial charge >= 0.3 is 0 Å². The number of aromatic amines is 1. The molecule has 1 heterocycles. The third-order valence-electron chi connectivity index (χ3n) is 1.65. The molecule has 1 rings (SSSR count). The van der Waals surface area contributed by atoms with Crippen LogP contribution in [0.15, 0.2) is 6.20 Å². The van der Waals surface area contributed by atoms with Crippen LogP contribution in [0.5, 0.6) is 0 Å². The van der Waals surface area contributed by atoms with Crippen LogP contribution in [0.3, 0.4) is 0 Å². The fraction of sp³-hybridized carbons (Fsp3) is 0.571. The Balaban J connectivity index is 2.65. The maximum atomic E-state index is 11.6. The predicted molar refractivity (Wildman–Crippen MR) is 59.8 cm³/mol. The molecule has 0 fully saturated rings. The smallest absolute Gasteiger partial charge is 0.273 e. The molecule has 78 valence electrons. The zero-order valence-electron chi connectivity index (χ0n) is 7.55. The van der Waals surface area contributed by atoms with Crippen LogP contribution in [-0.4, -0.2) is 37.5 Å². The molecular weight excluding hydrogens is 316 g/mol. The minimum Gasteiger partial charge on any atom is -0.344 e. The van der Waals surface area contributed by atoms with E-state index < -0.39 is 0 Å². The number of nitrogens with one attached hydrogen (secondary N) is 2. The lowest BCUT2D eigenvalue weighted by Gasteiger charge is -2.25. The fourth-order valence-corrected chi connectivity index (χ4v) is 1.96. The van der Waals surface area contributed by atoms with Crippen LogP contribution in [0.2, 0.25) is 0 Å². The first-order valence-electron chi connectivity index (χ1n) is 3.91. The number of nitrogens with zero attached hydrogens (tertiary/aromatic N) is 2. The summed E-state index contributed by atoms with van der Waals surface area (Å²) >= 11 is 6.67. The average Bonchev–Trinajstić information content (AvgIpc) is 2.70. The zero-order valence-corrected chi connectivity index (χ0v) is 10.7. The molecule has 0 atom stereocenters. The van der Waals surface area contributed by atoms with Crippen molar-refractivity contribution in [1.29, 1.82) is 0 Å². The van der Waals surface area contributed by atoms with Gasteiger partial charge in [0.25, 0.3) is 5.91 Å². The van der Waals surface area contributed by atoms with Gasteiger partial charge in [-0.15, -0.1) is 0 Å². The van der Waals surface area contributed by atoms with Crippen molar-refractivity contribution in [1.82, 2.24) is 20.7 Å². The number of hydrogen-bond acceptors (Lipinski definition) is 3. The van der Waals surface area contributed by atoms with E-state index in [1.165, 1.54) is 6.20 Å². The molecule has 0 aliphatic rings. The highest BCUT2D eigenvalue weighted by molar-refractivity contribution is 9.09. The van der Waals surface area contributed by atoms with Crippen molar-refractivity contribution in [2.45, 2.75) is 12.5 Å². The lowest BCUT2D eigenvalue weighted by atomic mass is 10.1. The Morgan fingerprint density at radius 1 is 1.64 bits per heavy atom. The van der Waals surface area contributed by atoms with Gasteiger partial charge in [-0.3, -0.25) is 4.79 Å². The number of H-pyrrole nitrogens is 1. The second-order valence-electron chi connectivity index (χ2n) is 3.14. The molecule has 0 unspecified atom stereocenters. The van der Waals surface area contributed by atoms with Crippen molar-refractivity contribution in [2.75, 3.05) is 10.7 Å². The molecular formula is C7H10Br2N4O. The minimum atomic E-state index is -0.323. The highest BCUT2D eigenvalue weighted by Gasteiger charge is 2.25. The standard InChI is InChI=1S/C7H10Br2N4O/c1-7(3-8,4-9)11-6(14)5-2-10-13-12-5/h2H,3-4H2,1H3,(H,11,14)(H,10,12,13). The number of alkyl halides is 2. The van der Waals surface area contributed by atoms with E-state index in [2.05, 4.69) is 52.6 Å². The Bertz CT molecular complexity index is 297. The zero-order chi connectivity index (χ0) is 10.6. The summed E-state index contributed by atoms with van der Waals surface area (Å²) in [7, 11) is 0. The van der Waals surface area contributed by atoms with Gasteiger partial charge in [0.15, 0.2) is 5.69 Å². The average molecular weight is 326 g/mol. The van der Waals surface area contributed by atoms with Gasteiger partial charge in [-0.1, -0.05) is 31.9 Å². The Labute approximate surface area is 98.3 Å². The predicted octanol–water partition coefficient (Wildman–Crippen LogP) is 1.08. The van der Waals surface area contributed by atoms with Crippen molar-refractivity contribution in [2.24, 2.45) is 0 Å². The second-order valence-corrected chi connectivity index (χ2v) is 4.26. The largest absolute Gasteiger partial charge is 0.344 e. The number of amides is 1. The highest BCUT2D eigenvalue weighted by atomic mass is 79.9. The lowest BCUT2D eigenvalue weighted by Crippen LogP contribution is -2.49. The SMILES string of the molecule is CC(CBr)(CBr)NC(=O)c1cn[nH]n1. The van der Waals surface area contributed by atoms with Gasteiger partial charge in [0.05, 0.1) is 11.7 Å². The van der Waals surface area contributed by atoms with Crippen LogP contribution in [0.4, 0.5) is 0 Å². The first-order chi connectivity index (χ1) is 6.61. The Morgan fingerprint density at radius 3 is 2.71 bits per heavy atom. The Morgan fingerprint density at radius 2 is 2.29 bits per heavy atom. The van der Waals surface area contributed by atoms with Crippen LogP contribution in [0.1, 0.15) is 17.4 Å². The van der Waals surface area contributed by atoms with Crippen molar-refractivity contribution in [3.05, 3.63) is 11.9 Å². The van der Waals surface area contributed by atoms with E-state index in [9.17, 15) is 4.79 Å². The maximum absolute atomic E-state index is 11.6. The van der Waals surface area contributed by atoms with Crippen LogP contribution >= 0.6 is 31.9 Å². The van der Waals surface area contributed by atoms with Gasteiger partial charge in [-0.05, 0) is 6.92 Å². The molecule has 0 saturated heterocycles. The summed E-state index contributed by atoms with van der Waals surface area (Å²) < 4.78 is 0. The molecule has 0 bridgehead atoms. The topological polar surface area (TPSA) is 70.7 Å². The fourth-order valence-electron chi connectivity index (χ4n) is 0.752. The van der Waals surface area contributed by atoms with E-state index >= 15 is 0 Å². The normalized spacial score (nSPS) is 11.4. The maximum Gasteiger partial charge on any atom is 0.273 e. The molecule has 1 aromatic rings. The molecule has 1 aromatic heterocycles. The summed E-state index contributed by atoms with van der Waals surface area (Å²) in [6.45, 7) is 1.93. The van der Waals surface area contributed by atoms with Crippen molar-refractivity contribution >= 4 is 37.8 Å². The van der Waals surface area contributed by atoms with Gasteiger partial charge in [0, 0.05) is 10.7 Å². The van der Waals surface area contributed by atoms with E-state index in [4.69, 9.17) is 0 Å².